The summed E-state index contributed by atoms with van der Waals surface area (Å²) in [5.41, 5.74) is 3.29. The summed E-state index contributed by atoms with van der Waals surface area (Å²) in [4.78, 5) is 39.8. The van der Waals surface area contributed by atoms with Crippen molar-refractivity contribution in [2.45, 2.75) is 44.9 Å². The number of hydrogen-bond acceptors (Lipinski definition) is 4. The van der Waals surface area contributed by atoms with Crippen LogP contribution in [0.4, 0.5) is 11.4 Å². The van der Waals surface area contributed by atoms with Gasteiger partial charge in [0.2, 0.25) is 5.91 Å². The number of aryl methyl sites for hydroxylation is 1. The van der Waals surface area contributed by atoms with Gasteiger partial charge in [-0.15, -0.1) is 0 Å². The molecule has 3 amide bonds. The van der Waals surface area contributed by atoms with Crippen LogP contribution in [0.5, 0.6) is 0 Å². The van der Waals surface area contributed by atoms with Crippen molar-refractivity contribution in [1.29, 1.82) is 0 Å². The number of carbonyl (C=O) groups is 3. The fourth-order valence-corrected chi connectivity index (χ4v) is 4.83. The molecule has 2 aliphatic heterocycles. The van der Waals surface area contributed by atoms with E-state index in [0.29, 0.717) is 32.0 Å². The predicted octanol–water partition coefficient (Wildman–Crippen LogP) is 3.42. The van der Waals surface area contributed by atoms with Crippen molar-refractivity contribution in [3.05, 3.63) is 59.7 Å². The lowest BCUT2D eigenvalue weighted by Gasteiger charge is -2.37. The zero-order valence-corrected chi connectivity index (χ0v) is 19.9. The second-order valence-corrected chi connectivity index (χ2v) is 9.49. The molecule has 0 saturated carbocycles. The zero-order chi connectivity index (χ0) is 24.1. The maximum atomic E-state index is 12.7. The molecule has 1 saturated heterocycles. The van der Waals surface area contributed by atoms with E-state index >= 15 is 0 Å². The van der Waals surface area contributed by atoms with E-state index in [9.17, 15) is 14.4 Å². The van der Waals surface area contributed by atoms with Crippen molar-refractivity contribution < 1.29 is 19.1 Å². The third-order valence-corrected chi connectivity index (χ3v) is 6.85. The molecule has 2 N–H and O–H groups in total. The Morgan fingerprint density at radius 1 is 1.03 bits per heavy atom. The van der Waals surface area contributed by atoms with E-state index in [2.05, 4.69) is 22.8 Å². The van der Waals surface area contributed by atoms with E-state index in [1.165, 1.54) is 0 Å². The Labute approximate surface area is 200 Å². The second-order valence-electron chi connectivity index (χ2n) is 9.49. The fourth-order valence-electron chi connectivity index (χ4n) is 4.83. The summed E-state index contributed by atoms with van der Waals surface area (Å²) in [6.07, 6.45) is 3.36. The van der Waals surface area contributed by atoms with Gasteiger partial charge in [-0.3, -0.25) is 14.4 Å². The van der Waals surface area contributed by atoms with Crippen LogP contribution in [-0.2, 0) is 31.0 Å². The maximum Gasteiger partial charge on any atom is 0.313 e. The molecular weight excluding hydrogens is 430 g/mol. The predicted molar refractivity (Wildman–Crippen MR) is 132 cm³/mol. The summed E-state index contributed by atoms with van der Waals surface area (Å²) in [6, 6.07) is 15.6. The minimum atomic E-state index is -0.715. The van der Waals surface area contributed by atoms with Crippen molar-refractivity contribution >= 4 is 29.1 Å². The molecule has 180 valence electrons. The Morgan fingerprint density at radius 2 is 1.76 bits per heavy atom. The van der Waals surface area contributed by atoms with Gasteiger partial charge in [-0.25, -0.2) is 0 Å². The Balaban J connectivity index is 1.43. The summed E-state index contributed by atoms with van der Waals surface area (Å²) in [5.74, 6) is -1.44. The van der Waals surface area contributed by atoms with Crippen LogP contribution in [0.25, 0.3) is 0 Å². The van der Waals surface area contributed by atoms with Gasteiger partial charge in [-0.1, -0.05) is 50.2 Å². The lowest BCUT2D eigenvalue weighted by atomic mass is 9.74. The molecule has 0 aromatic heterocycles. The summed E-state index contributed by atoms with van der Waals surface area (Å²) in [5, 5.41) is 5.55. The molecule has 2 heterocycles. The number of nitrogens with one attached hydrogen (secondary N) is 2. The van der Waals surface area contributed by atoms with Gasteiger partial charge < -0.3 is 20.3 Å². The molecule has 2 aromatic rings. The lowest BCUT2D eigenvalue weighted by molar-refractivity contribution is -0.136. The average Bonchev–Trinajstić information content (AvgIpc) is 2.87. The highest BCUT2D eigenvalue weighted by Gasteiger charge is 2.35. The summed E-state index contributed by atoms with van der Waals surface area (Å²) >= 11 is 0. The van der Waals surface area contributed by atoms with Crippen LogP contribution in [0, 0.1) is 5.92 Å². The van der Waals surface area contributed by atoms with Gasteiger partial charge in [0.1, 0.15) is 0 Å². The SMILES string of the molecule is CC(C)C(=O)N1CCCc2ccc(NC(=O)C(=O)NCC3(c4ccccc4)CCOCC3)cc21. The third-order valence-electron chi connectivity index (χ3n) is 6.85. The number of anilines is 2. The first-order valence-corrected chi connectivity index (χ1v) is 12.1. The van der Waals surface area contributed by atoms with E-state index in [0.717, 1.165) is 42.5 Å². The van der Waals surface area contributed by atoms with Crippen LogP contribution in [0.2, 0.25) is 0 Å². The zero-order valence-electron chi connectivity index (χ0n) is 19.9. The number of rotatable bonds is 5. The van der Waals surface area contributed by atoms with Crippen LogP contribution in [0.15, 0.2) is 48.5 Å². The Kier molecular flexibility index (Phi) is 7.32. The van der Waals surface area contributed by atoms with Crippen molar-refractivity contribution in [1.82, 2.24) is 5.32 Å². The number of fused-ring (bicyclic) bond motifs is 1. The van der Waals surface area contributed by atoms with Crippen LogP contribution in [0.3, 0.4) is 0 Å². The Morgan fingerprint density at radius 3 is 2.47 bits per heavy atom. The van der Waals surface area contributed by atoms with Crippen LogP contribution >= 0.6 is 0 Å². The number of benzene rings is 2. The second kappa shape index (κ2) is 10.4. The first-order chi connectivity index (χ1) is 16.4. The molecule has 2 aliphatic rings. The van der Waals surface area contributed by atoms with Crippen molar-refractivity contribution in [2.75, 3.05) is 36.5 Å². The topological polar surface area (TPSA) is 87.7 Å². The first-order valence-electron chi connectivity index (χ1n) is 12.1. The first kappa shape index (κ1) is 24.0. The molecule has 34 heavy (non-hydrogen) atoms. The molecule has 4 rings (SSSR count). The number of amides is 3. The van der Waals surface area contributed by atoms with Gasteiger partial charge in [-0.2, -0.15) is 0 Å². The van der Waals surface area contributed by atoms with Crippen molar-refractivity contribution in [3.8, 4) is 0 Å². The van der Waals surface area contributed by atoms with Gasteiger partial charge in [0.05, 0.1) is 0 Å². The van der Waals surface area contributed by atoms with E-state index < -0.39 is 11.8 Å². The normalized spacial score (nSPS) is 17.1. The molecule has 0 spiro atoms. The van der Waals surface area contributed by atoms with Crippen LogP contribution in [-0.4, -0.2) is 44.0 Å². The van der Waals surface area contributed by atoms with Gasteiger partial charge in [0.25, 0.3) is 0 Å². The summed E-state index contributed by atoms with van der Waals surface area (Å²) < 4.78 is 5.55. The highest BCUT2D eigenvalue weighted by Crippen LogP contribution is 2.34. The average molecular weight is 464 g/mol. The third kappa shape index (κ3) is 5.14. The Bertz CT molecular complexity index is 1050. The van der Waals surface area contributed by atoms with Gasteiger partial charge in [0.15, 0.2) is 0 Å². The quantitative estimate of drug-likeness (QED) is 0.665. The molecule has 7 nitrogen and oxygen atoms in total. The molecule has 7 heteroatoms. The number of carbonyl (C=O) groups excluding carboxylic acids is 3. The van der Waals surface area contributed by atoms with Gasteiger partial charge >= 0.3 is 11.8 Å². The van der Waals surface area contributed by atoms with E-state index in [1.807, 2.05) is 38.1 Å². The standard InChI is InChI=1S/C27H33N3O4/c1-19(2)26(33)30-14-6-7-20-10-11-22(17-23(20)30)29-25(32)24(31)28-18-27(12-15-34-16-13-27)21-8-4-3-5-9-21/h3-5,8-11,17,19H,6-7,12-16,18H2,1-2H3,(H,28,31)(H,29,32). The van der Waals surface area contributed by atoms with Crippen LogP contribution < -0.4 is 15.5 Å². The summed E-state index contributed by atoms with van der Waals surface area (Å²) in [7, 11) is 0. The molecule has 1 fully saturated rings. The monoisotopic (exact) mass is 463 g/mol. The maximum absolute atomic E-state index is 12.7. The van der Waals surface area contributed by atoms with Gasteiger partial charge in [0, 0.05) is 49.0 Å². The van der Waals surface area contributed by atoms with Crippen LogP contribution in [0.1, 0.15) is 44.2 Å². The molecule has 0 unspecified atom stereocenters. The largest absolute Gasteiger partial charge is 0.381 e. The molecule has 0 radical (unpaired) electrons. The number of ether oxygens (including phenoxy) is 1. The highest BCUT2D eigenvalue weighted by molar-refractivity contribution is 6.39. The van der Waals surface area contributed by atoms with Crippen molar-refractivity contribution in [3.63, 3.8) is 0 Å². The molecule has 2 aromatic carbocycles. The molecular formula is C27H33N3O4. The fraction of sp³-hybridized carbons (Fsp3) is 0.444. The highest BCUT2D eigenvalue weighted by atomic mass is 16.5. The van der Waals surface area contributed by atoms with E-state index in [1.54, 1.807) is 17.0 Å². The van der Waals surface area contributed by atoms with Gasteiger partial charge in [-0.05, 0) is 48.9 Å². The van der Waals surface area contributed by atoms with E-state index in [4.69, 9.17) is 4.74 Å². The Hall–Kier alpha value is -3.19. The molecule has 0 atom stereocenters. The lowest BCUT2D eigenvalue weighted by Crippen LogP contribution is -2.47. The number of hydrogen-bond donors (Lipinski definition) is 2. The summed E-state index contributed by atoms with van der Waals surface area (Å²) in [6.45, 7) is 6.04. The smallest absolute Gasteiger partial charge is 0.313 e. The van der Waals surface area contributed by atoms with Crippen molar-refractivity contribution in [2.24, 2.45) is 5.92 Å². The van der Waals surface area contributed by atoms with E-state index in [-0.39, 0.29) is 17.2 Å². The molecule has 0 bridgehead atoms. The minimum Gasteiger partial charge on any atom is -0.381 e. The number of nitrogens with zero attached hydrogens (tertiary/aromatic N) is 1. The minimum absolute atomic E-state index is 0.0600. The molecule has 0 aliphatic carbocycles.